The van der Waals surface area contributed by atoms with Crippen LogP contribution in [0.3, 0.4) is 0 Å². The lowest BCUT2D eigenvalue weighted by atomic mass is 9.69. The minimum Gasteiger partial charge on any atom is -0.355 e. The first kappa shape index (κ1) is 30.9. The van der Waals surface area contributed by atoms with Gasteiger partial charge in [0.25, 0.3) is 11.8 Å². The molecule has 1 aromatic heterocycles. The number of aryl methyl sites for hydroxylation is 2. The van der Waals surface area contributed by atoms with E-state index in [2.05, 4.69) is 41.0 Å². The Hall–Kier alpha value is -4.56. The molecule has 11 nitrogen and oxygen atoms in total. The zero-order valence-electron chi connectivity index (χ0n) is 25.8. The maximum Gasteiger partial charge on any atom is 0.251 e. The molecule has 3 amide bonds. The lowest BCUT2D eigenvalue weighted by Gasteiger charge is -2.35. The summed E-state index contributed by atoms with van der Waals surface area (Å²) in [6, 6.07) is 13.4. The third-order valence-corrected chi connectivity index (χ3v) is 8.88. The first-order valence-corrected chi connectivity index (χ1v) is 15.3. The van der Waals surface area contributed by atoms with Gasteiger partial charge in [-0.15, -0.1) is 0 Å². The molecule has 4 N–H and O–H groups in total. The Balaban J connectivity index is 1.61. The fraction of sp³-hybridized carbons (Fsp3) is 0.455. The minimum absolute atomic E-state index is 0.0878. The highest BCUT2D eigenvalue weighted by Gasteiger charge is 2.44. The molecule has 1 fully saturated rings. The number of aromatic amines is 1. The van der Waals surface area contributed by atoms with Crippen molar-refractivity contribution in [3.63, 3.8) is 0 Å². The zero-order valence-corrected chi connectivity index (χ0v) is 25.8. The molecule has 3 aromatic rings. The van der Waals surface area contributed by atoms with Crippen molar-refractivity contribution in [3.8, 4) is 6.07 Å². The van der Waals surface area contributed by atoms with E-state index in [1.807, 2.05) is 36.4 Å². The monoisotopic (exact) mass is 596 g/mol. The van der Waals surface area contributed by atoms with Crippen LogP contribution in [0, 0.1) is 11.3 Å². The second kappa shape index (κ2) is 13.0. The number of amides is 3. The molecule has 11 heteroatoms. The van der Waals surface area contributed by atoms with E-state index in [0.29, 0.717) is 55.7 Å². The highest BCUT2D eigenvalue weighted by Crippen LogP contribution is 2.46. The predicted octanol–water partition coefficient (Wildman–Crippen LogP) is 2.57. The van der Waals surface area contributed by atoms with E-state index >= 15 is 0 Å². The lowest BCUT2D eigenvalue weighted by Crippen LogP contribution is -2.42. The van der Waals surface area contributed by atoms with E-state index in [0.717, 1.165) is 34.5 Å². The molecule has 2 aromatic carbocycles. The quantitative estimate of drug-likeness (QED) is 0.277. The van der Waals surface area contributed by atoms with Crippen LogP contribution in [0.4, 0.5) is 0 Å². The summed E-state index contributed by atoms with van der Waals surface area (Å²) in [7, 11) is 3.23. The van der Waals surface area contributed by atoms with Crippen molar-refractivity contribution in [2.24, 2.45) is 0 Å². The third-order valence-electron chi connectivity index (χ3n) is 8.88. The van der Waals surface area contributed by atoms with Crippen LogP contribution in [0.25, 0.3) is 0 Å². The fourth-order valence-corrected chi connectivity index (χ4v) is 6.54. The number of rotatable bonds is 9. The Kier molecular flexibility index (Phi) is 9.11. The number of nitriles is 1. The first-order chi connectivity index (χ1) is 21.2. The van der Waals surface area contributed by atoms with Crippen LogP contribution in [0.2, 0.25) is 0 Å². The van der Waals surface area contributed by atoms with E-state index in [-0.39, 0.29) is 36.2 Å². The number of fused-ring (bicyclic) bond motifs is 2. The van der Waals surface area contributed by atoms with Crippen LogP contribution < -0.4 is 16.0 Å². The molecular formula is C33H40N8O3. The van der Waals surface area contributed by atoms with Crippen molar-refractivity contribution < 1.29 is 14.4 Å². The van der Waals surface area contributed by atoms with E-state index in [4.69, 9.17) is 10.1 Å². The summed E-state index contributed by atoms with van der Waals surface area (Å²) in [5.41, 5.74) is 4.28. The van der Waals surface area contributed by atoms with Crippen molar-refractivity contribution in [2.75, 3.05) is 33.7 Å². The molecule has 0 spiro atoms. The van der Waals surface area contributed by atoms with Crippen LogP contribution in [0.5, 0.6) is 0 Å². The summed E-state index contributed by atoms with van der Waals surface area (Å²) >= 11 is 0. The Labute approximate surface area is 257 Å². The molecule has 230 valence electrons. The van der Waals surface area contributed by atoms with Crippen molar-refractivity contribution >= 4 is 17.7 Å². The molecular weight excluding hydrogens is 556 g/mol. The molecule has 1 aliphatic heterocycles. The van der Waals surface area contributed by atoms with Gasteiger partial charge in [-0.25, -0.2) is 4.98 Å². The number of nitrogens with one attached hydrogen (secondary N) is 4. The normalized spacial score (nSPS) is 16.9. The van der Waals surface area contributed by atoms with Crippen LogP contribution in [0.15, 0.2) is 36.4 Å². The minimum atomic E-state index is -0.841. The van der Waals surface area contributed by atoms with Gasteiger partial charge >= 0.3 is 0 Å². The molecule has 2 aliphatic rings. The summed E-state index contributed by atoms with van der Waals surface area (Å²) in [4.78, 5) is 45.0. The van der Waals surface area contributed by atoms with Gasteiger partial charge in [0.05, 0.1) is 18.0 Å². The number of hydrogen-bond donors (Lipinski definition) is 4. The van der Waals surface area contributed by atoms with Gasteiger partial charge in [-0.3, -0.25) is 19.5 Å². The fourth-order valence-electron chi connectivity index (χ4n) is 6.54. The molecule has 2 heterocycles. The molecule has 0 saturated carbocycles. The summed E-state index contributed by atoms with van der Waals surface area (Å²) in [6.45, 7) is 5.27. The number of carbonyl (C=O) groups is 3. The predicted molar refractivity (Wildman–Crippen MR) is 165 cm³/mol. The number of nitrogens with zero attached hydrogens (tertiary/aromatic N) is 4. The van der Waals surface area contributed by atoms with Gasteiger partial charge in [0.2, 0.25) is 5.91 Å². The first-order valence-electron chi connectivity index (χ1n) is 15.3. The van der Waals surface area contributed by atoms with Gasteiger partial charge in [0.15, 0.2) is 5.82 Å². The SMILES string of the molecule is CNC(=O)c1ccc2c(c1)CCc1cc(C(=O)NC)ccc1C2(CCNCC(=O)N1CCCC1C#N)c1n[nH]c(C(C)C)n1. The van der Waals surface area contributed by atoms with Crippen LogP contribution in [0.1, 0.15) is 93.6 Å². The summed E-state index contributed by atoms with van der Waals surface area (Å²) in [5.74, 6) is 1.06. The van der Waals surface area contributed by atoms with Crippen LogP contribution in [-0.2, 0) is 23.1 Å². The van der Waals surface area contributed by atoms with Crippen molar-refractivity contribution in [3.05, 3.63) is 81.4 Å². The van der Waals surface area contributed by atoms with E-state index in [1.165, 1.54) is 0 Å². The molecule has 1 unspecified atom stereocenters. The van der Waals surface area contributed by atoms with E-state index in [1.54, 1.807) is 19.0 Å². The van der Waals surface area contributed by atoms with Gasteiger partial charge in [-0.1, -0.05) is 26.0 Å². The summed E-state index contributed by atoms with van der Waals surface area (Å²) in [5, 5.41) is 26.2. The molecule has 0 bridgehead atoms. The van der Waals surface area contributed by atoms with Crippen molar-refractivity contribution in [1.82, 2.24) is 36.0 Å². The van der Waals surface area contributed by atoms with E-state index < -0.39 is 5.41 Å². The van der Waals surface area contributed by atoms with Gasteiger partial charge in [-0.2, -0.15) is 10.4 Å². The zero-order chi connectivity index (χ0) is 31.4. The second-order valence-corrected chi connectivity index (χ2v) is 11.8. The van der Waals surface area contributed by atoms with Crippen LogP contribution in [-0.4, -0.2) is 77.6 Å². The smallest absolute Gasteiger partial charge is 0.251 e. The Bertz CT molecular complexity index is 1540. The molecule has 0 radical (unpaired) electrons. The van der Waals surface area contributed by atoms with Crippen molar-refractivity contribution in [1.29, 1.82) is 5.26 Å². The standard InChI is InChI=1S/C33H40N8O3/c1-20(2)29-38-32(40-39-29)33(13-14-37-19-28(42)41-15-5-6-25(41)18-34)26-11-9-23(30(43)35-3)16-21(26)7-8-22-17-24(31(44)36-4)10-12-27(22)33/h9-12,16-17,20,25,37H,5-8,13-15,19H2,1-4H3,(H,35,43)(H,36,44)(H,38,39,40). The van der Waals surface area contributed by atoms with E-state index in [9.17, 15) is 19.6 Å². The highest BCUT2D eigenvalue weighted by molar-refractivity contribution is 5.95. The Morgan fingerprint density at radius 3 is 2.18 bits per heavy atom. The average Bonchev–Trinajstić information content (AvgIpc) is 3.72. The largest absolute Gasteiger partial charge is 0.355 e. The number of benzene rings is 2. The average molecular weight is 597 g/mol. The maximum absolute atomic E-state index is 13.0. The highest BCUT2D eigenvalue weighted by atomic mass is 16.2. The number of hydrogen-bond acceptors (Lipinski definition) is 7. The Morgan fingerprint density at radius 1 is 1.05 bits per heavy atom. The third kappa shape index (κ3) is 5.69. The number of H-pyrrole nitrogens is 1. The summed E-state index contributed by atoms with van der Waals surface area (Å²) in [6.07, 6.45) is 3.36. The number of aromatic nitrogens is 3. The van der Waals surface area contributed by atoms with Crippen molar-refractivity contribution in [2.45, 2.75) is 63.3 Å². The molecule has 1 aliphatic carbocycles. The second-order valence-electron chi connectivity index (χ2n) is 11.8. The number of carbonyl (C=O) groups excluding carboxylic acids is 3. The number of likely N-dealkylation sites (tertiary alicyclic amines) is 1. The summed E-state index contributed by atoms with van der Waals surface area (Å²) < 4.78 is 0. The topological polar surface area (TPSA) is 156 Å². The molecule has 1 saturated heterocycles. The van der Waals surface area contributed by atoms with Gasteiger partial charge in [0.1, 0.15) is 11.9 Å². The van der Waals surface area contributed by atoms with Gasteiger partial charge in [-0.05, 0) is 85.2 Å². The Morgan fingerprint density at radius 2 is 1.66 bits per heavy atom. The van der Waals surface area contributed by atoms with Crippen LogP contribution >= 0.6 is 0 Å². The maximum atomic E-state index is 13.0. The molecule has 5 rings (SSSR count). The molecule has 44 heavy (non-hydrogen) atoms. The van der Waals surface area contributed by atoms with Gasteiger partial charge in [0, 0.05) is 37.7 Å². The molecule has 1 atom stereocenters. The van der Waals surface area contributed by atoms with Gasteiger partial charge < -0.3 is 20.9 Å². The lowest BCUT2D eigenvalue weighted by molar-refractivity contribution is -0.130.